The van der Waals surface area contributed by atoms with Gasteiger partial charge in [-0.2, -0.15) is 0 Å². The van der Waals surface area contributed by atoms with Crippen molar-refractivity contribution < 1.29 is 0 Å². The van der Waals surface area contributed by atoms with E-state index in [9.17, 15) is 0 Å². The highest BCUT2D eigenvalue weighted by molar-refractivity contribution is 5.86. The molecule has 1 saturated carbocycles. The Morgan fingerprint density at radius 2 is 2.32 bits per heavy atom. The summed E-state index contributed by atoms with van der Waals surface area (Å²) in [6.07, 6.45) is 7.66. The van der Waals surface area contributed by atoms with Gasteiger partial charge in [-0.1, -0.05) is 0 Å². The van der Waals surface area contributed by atoms with Gasteiger partial charge in [-0.25, -0.2) is 9.97 Å². The number of nitrogens with one attached hydrogen (secondary N) is 2. The Morgan fingerprint density at radius 3 is 3.21 bits per heavy atom. The molecule has 0 aliphatic heterocycles. The van der Waals surface area contributed by atoms with Crippen LogP contribution in [0.1, 0.15) is 24.7 Å². The monoisotopic (exact) mass is 255 g/mol. The zero-order valence-electron chi connectivity index (χ0n) is 10.2. The van der Waals surface area contributed by atoms with Gasteiger partial charge in [0.1, 0.15) is 24.1 Å². The van der Waals surface area contributed by atoms with Crippen molar-refractivity contribution in [2.75, 3.05) is 5.32 Å². The number of aromatic amines is 1. The molecule has 4 rings (SSSR count). The van der Waals surface area contributed by atoms with Crippen LogP contribution in [0.15, 0.2) is 24.9 Å². The van der Waals surface area contributed by atoms with Gasteiger partial charge in [0.05, 0.1) is 11.9 Å². The van der Waals surface area contributed by atoms with Gasteiger partial charge >= 0.3 is 0 Å². The van der Waals surface area contributed by atoms with E-state index in [1.807, 2.05) is 12.3 Å². The standard InChI is InChI=1S/C12H13N7/c1-2-8(1)19-7-17-18-10(19)5-14-12-9-3-4-13-11(9)15-6-16-12/h3-4,6-8H,1-2,5H2,(H2,13,14,15,16). The third-order valence-corrected chi connectivity index (χ3v) is 3.36. The van der Waals surface area contributed by atoms with E-state index < -0.39 is 0 Å². The average molecular weight is 255 g/mol. The first kappa shape index (κ1) is 10.5. The van der Waals surface area contributed by atoms with Crippen molar-refractivity contribution in [2.45, 2.75) is 25.4 Å². The molecule has 7 heteroatoms. The smallest absolute Gasteiger partial charge is 0.152 e. The predicted molar refractivity (Wildman–Crippen MR) is 69.5 cm³/mol. The van der Waals surface area contributed by atoms with Gasteiger partial charge in [0, 0.05) is 12.2 Å². The van der Waals surface area contributed by atoms with Gasteiger partial charge in [0.25, 0.3) is 0 Å². The number of H-pyrrole nitrogens is 1. The van der Waals surface area contributed by atoms with Crippen molar-refractivity contribution in [1.82, 2.24) is 29.7 Å². The van der Waals surface area contributed by atoms with Crippen LogP contribution in [0, 0.1) is 0 Å². The topological polar surface area (TPSA) is 84.3 Å². The number of nitrogens with zero attached hydrogens (tertiary/aromatic N) is 5. The minimum Gasteiger partial charge on any atom is -0.362 e. The number of rotatable bonds is 4. The lowest BCUT2D eigenvalue weighted by Gasteiger charge is -2.07. The van der Waals surface area contributed by atoms with Crippen molar-refractivity contribution in [3.63, 3.8) is 0 Å². The predicted octanol–water partition coefficient (Wildman–Crippen LogP) is 1.50. The van der Waals surface area contributed by atoms with E-state index in [1.165, 1.54) is 12.8 Å². The van der Waals surface area contributed by atoms with Crippen molar-refractivity contribution in [3.8, 4) is 0 Å². The number of aromatic nitrogens is 6. The number of hydrogen-bond donors (Lipinski definition) is 2. The van der Waals surface area contributed by atoms with Crippen LogP contribution in [0.25, 0.3) is 11.0 Å². The SMILES string of the molecule is c1nc(NCc2nncn2C2CC2)c2cc[nH]c2n1. The first-order chi connectivity index (χ1) is 9.42. The molecular formula is C12H13N7. The van der Waals surface area contributed by atoms with E-state index in [4.69, 9.17) is 0 Å². The van der Waals surface area contributed by atoms with Gasteiger partial charge in [-0.3, -0.25) is 0 Å². The molecule has 1 aliphatic carbocycles. The lowest BCUT2D eigenvalue weighted by atomic mass is 10.3. The molecule has 3 aromatic heterocycles. The van der Waals surface area contributed by atoms with Crippen LogP contribution in [0.4, 0.5) is 5.82 Å². The third kappa shape index (κ3) is 1.83. The van der Waals surface area contributed by atoms with E-state index in [1.54, 1.807) is 12.7 Å². The molecule has 2 N–H and O–H groups in total. The Hall–Kier alpha value is -2.44. The highest BCUT2D eigenvalue weighted by atomic mass is 15.3. The summed E-state index contributed by atoms with van der Waals surface area (Å²) in [5.74, 6) is 1.77. The van der Waals surface area contributed by atoms with Crippen molar-refractivity contribution in [2.24, 2.45) is 0 Å². The van der Waals surface area contributed by atoms with Crippen LogP contribution in [0.3, 0.4) is 0 Å². The van der Waals surface area contributed by atoms with Crippen LogP contribution in [0.5, 0.6) is 0 Å². The molecule has 0 radical (unpaired) electrons. The van der Waals surface area contributed by atoms with Crippen molar-refractivity contribution in [3.05, 3.63) is 30.7 Å². The maximum atomic E-state index is 4.27. The van der Waals surface area contributed by atoms with Crippen LogP contribution >= 0.6 is 0 Å². The summed E-state index contributed by atoms with van der Waals surface area (Å²) in [6.45, 7) is 0.619. The number of fused-ring (bicyclic) bond motifs is 1. The number of hydrogen-bond acceptors (Lipinski definition) is 5. The molecule has 19 heavy (non-hydrogen) atoms. The first-order valence-corrected chi connectivity index (χ1v) is 6.32. The number of anilines is 1. The summed E-state index contributed by atoms with van der Waals surface area (Å²) in [6, 6.07) is 2.55. The Balaban J connectivity index is 1.58. The van der Waals surface area contributed by atoms with E-state index in [2.05, 4.69) is 35.0 Å². The zero-order valence-corrected chi connectivity index (χ0v) is 10.2. The van der Waals surface area contributed by atoms with Gasteiger partial charge < -0.3 is 14.9 Å². The second-order valence-corrected chi connectivity index (χ2v) is 4.70. The average Bonchev–Trinajstić information content (AvgIpc) is 2.99. The summed E-state index contributed by atoms with van der Waals surface area (Å²) in [5, 5.41) is 12.4. The molecule has 1 fully saturated rings. The van der Waals surface area contributed by atoms with Crippen LogP contribution in [-0.4, -0.2) is 29.7 Å². The lowest BCUT2D eigenvalue weighted by molar-refractivity contribution is 0.689. The summed E-state index contributed by atoms with van der Waals surface area (Å²) < 4.78 is 2.14. The fourth-order valence-corrected chi connectivity index (χ4v) is 2.23. The zero-order chi connectivity index (χ0) is 12.7. The minimum atomic E-state index is 0.587. The maximum absolute atomic E-state index is 4.27. The molecule has 0 unspecified atom stereocenters. The Bertz CT molecular complexity index is 710. The lowest BCUT2D eigenvalue weighted by Crippen LogP contribution is -2.08. The van der Waals surface area contributed by atoms with Crippen molar-refractivity contribution >= 4 is 16.9 Å². The summed E-state index contributed by atoms with van der Waals surface area (Å²) in [5.41, 5.74) is 0.834. The molecule has 0 atom stereocenters. The first-order valence-electron chi connectivity index (χ1n) is 6.32. The van der Waals surface area contributed by atoms with E-state index in [0.29, 0.717) is 12.6 Å². The van der Waals surface area contributed by atoms with Crippen molar-refractivity contribution in [1.29, 1.82) is 0 Å². The second-order valence-electron chi connectivity index (χ2n) is 4.70. The minimum absolute atomic E-state index is 0.587. The largest absolute Gasteiger partial charge is 0.362 e. The van der Waals surface area contributed by atoms with E-state index in [-0.39, 0.29) is 0 Å². The maximum Gasteiger partial charge on any atom is 0.152 e. The van der Waals surface area contributed by atoms with Gasteiger partial charge in [-0.15, -0.1) is 10.2 Å². The molecule has 0 saturated heterocycles. The van der Waals surface area contributed by atoms with E-state index in [0.717, 1.165) is 22.7 Å². The molecule has 0 bridgehead atoms. The molecule has 96 valence electrons. The normalized spacial score (nSPS) is 14.9. The van der Waals surface area contributed by atoms with Gasteiger partial charge in [-0.05, 0) is 18.9 Å². The third-order valence-electron chi connectivity index (χ3n) is 3.36. The highest BCUT2D eigenvalue weighted by Gasteiger charge is 2.25. The van der Waals surface area contributed by atoms with E-state index >= 15 is 0 Å². The quantitative estimate of drug-likeness (QED) is 0.738. The molecule has 3 heterocycles. The Morgan fingerprint density at radius 1 is 1.37 bits per heavy atom. The molecule has 3 aromatic rings. The molecule has 7 nitrogen and oxygen atoms in total. The summed E-state index contributed by atoms with van der Waals surface area (Å²) in [4.78, 5) is 11.5. The highest BCUT2D eigenvalue weighted by Crippen LogP contribution is 2.35. The molecule has 0 spiro atoms. The molecule has 0 aromatic carbocycles. The van der Waals surface area contributed by atoms with Crippen LogP contribution in [0.2, 0.25) is 0 Å². The van der Waals surface area contributed by atoms with Gasteiger partial charge in [0.2, 0.25) is 0 Å². The Kier molecular flexibility index (Phi) is 2.23. The van der Waals surface area contributed by atoms with Crippen LogP contribution < -0.4 is 5.32 Å². The van der Waals surface area contributed by atoms with Crippen LogP contribution in [-0.2, 0) is 6.54 Å². The molecular weight excluding hydrogens is 242 g/mol. The Labute approximate surface area is 109 Å². The van der Waals surface area contributed by atoms with Gasteiger partial charge in [0.15, 0.2) is 5.82 Å². The second kappa shape index (κ2) is 4.04. The fraction of sp³-hybridized carbons (Fsp3) is 0.333. The summed E-state index contributed by atoms with van der Waals surface area (Å²) in [7, 11) is 0. The molecule has 1 aliphatic rings. The molecule has 0 amide bonds. The fourth-order valence-electron chi connectivity index (χ4n) is 2.23. The summed E-state index contributed by atoms with van der Waals surface area (Å²) >= 11 is 0.